The quantitative estimate of drug-likeness (QED) is 0.700. The Bertz CT molecular complexity index is 823. The van der Waals surface area contributed by atoms with E-state index in [4.69, 9.17) is 0 Å². The largest absolute Gasteiger partial charge is 0.334 e. The number of carbonyl (C=O) groups excluding carboxylic acids is 1. The monoisotopic (exact) mass is 363 g/mol. The van der Waals surface area contributed by atoms with E-state index in [-0.39, 0.29) is 11.9 Å². The van der Waals surface area contributed by atoms with Crippen molar-refractivity contribution >= 4 is 44.6 Å². The maximum absolute atomic E-state index is 12.4. The van der Waals surface area contributed by atoms with Crippen LogP contribution in [-0.2, 0) is 0 Å². The summed E-state index contributed by atoms with van der Waals surface area (Å²) in [6, 6.07) is 5.71. The molecule has 2 aromatic heterocycles. The molecular formula is C13H10BrN5OS. The molecule has 106 valence electrons. The third kappa shape index (κ3) is 2.24. The number of amides is 1. The van der Waals surface area contributed by atoms with Gasteiger partial charge in [-0.05, 0) is 34.1 Å². The number of halogens is 1. The van der Waals surface area contributed by atoms with Gasteiger partial charge >= 0.3 is 0 Å². The molecule has 0 N–H and O–H groups in total. The number of hydrogen-bond donors (Lipinski definition) is 0. The van der Waals surface area contributed by atoms with Crippen molar-refractivity contribution in [1.29, 1.82) is 0 Å². The fourth-order valence-corrected chi connectivity index (χ4v) is 3.22. The fraction of sp³-hybridized carbons (Fsp3) is 0.231. The number of fused-ring (bicyclic) bond motifs is 1. The number of hydrogen-bond acceptors (Lipinski definition) is 5. The minimum Gasteiger partial charge on any atom is -0.334 e. The Morgan fingerprint density at radius 1 is 1.29 bits per heavy atom. The molecule has 0 aliphatic carbocycles. The van der Waals surface area contributed by atoms with E-state index in [2.05, 4.69) is 29.8 Å². The van der Waals surface area contributed by atoms with Crippen LogP contribution in [0.2, 0.25) is 0 Å². The second-order valence-electron chi connectivity index (χ2n) is 4.97. The molecule has 1 fully saturated rings. The second kappa shape index (κ2) is 4.88. The molecule has 1 aromatic carbocycles. The summed E-state index contributed by atoms with van der Waals surface area (Å²) in [4.78, 5) is 14.2. The number of nitrogens with zero attached hydrogens (tertiary/aromatic N) is 5. The van der Waals surface area contributed by atoms with Gasteiger partial charge in [-0.2, -0.15) is 13.8 Å². The van der Waals surface area contributed by atoms with Gasteiger partial charge in [-0.25, -0.2) is 0 Å². The molecule has 8 heteroatoms. The lowest BCUT2D eigenvalue weighted by Crippen LogP contribution is -2.50. The van der Waals surface area contributed by atoms with E-state index in [0.29, 0.717) is 18.7 Å². The molecule has 0 saturated carbocycles. The van der Waals surface area contributed by atoms with Gasteiger partial charge in [-0.1, -0.05) is 0 Å². The normalized spacial score (nSPS) is 15.4. The van der Waals surface area contributed by atoms with E-state index in [0.717, 1.165) is 27.2 Å². The molecule has 1 amide bonds. The maximum Gasteiger partial charge on any atom is 0.254 e. The van der Waals surface area contributed by atoms with Gasteiger partial charge in [0.15, 0.2) is 0 Å². The van der Waals surface area contributed by atoms with E-state index in [1.165, 1.54) is 0 Å². The van der Waals surface area contributed by atoms with Crippen LogP contribution in [0.25, 0.3) is 11.0 Å². The molecule has 6 nitrogen and oxygen atoms in total. The highest BCUT2D eigenvalue weighted by molar-refractivity contribution is 9.10. The SMILES string of the molecule is O=C(c1ccc2nsnc2c1)N1CC(n2cc(Br)cn2)C1. The molecule has 4 rings (SSSR count). The Morgan fingerprint density at radius 3 is 2.86 bits per heavy atom. The third-order valence-electron chi connectivity index (χ3n) is 3.59. The predicted octanol–water partition coefficient (Wildman–Crippen LogP) is 2.35. The van der Waals surface area contributed by atoms with E-state index in [1.54, 1.807) is 12.3 Å². The van der Waals surface area contributed by atoms with Crippen molar-refractivity contribution in [2.24, 2.45) is 0 Å². The number of likely N-dealkylation sites (tertiary alicyclic amines) is 1. The van der Waals surface area contributed by atoms with Crippen molar-refractivity contribution in [1.82, 2.24) is 23.4 Å². The molecule has 21 heavy (non-hydrogen) atoms. The molecule has 0 bridgehead atoms. The first kappa shape index (κ1) is 12.9. The minimum absolute atomic E-state index is 0.0346. The summed E-state index contributed by atoms with van der Waals surface area (Å²) in [6.07, 6.45) is 3.69. The Hall–Kier alpha value is -1.80. The summed E-state index contributed by atoms with van der Waals surface area (Å²) in [5.41, 5.74) is 2.27. The second-order valence-corrected chi connectivity index (χ2v) is 6.41. The van der Waals surface area contributed by atoms with Gasteiger partial charge in [0.25, 0.3) is 5.91 Å². The van der Waals surface area contributed by atoms with E-state index in [9.17, 15) is 4.79 Å². The number of benzene rings is 1. The Labute approximate surface area is 132 Å². The summed E-state index contributed by atoms with van der Waals surface area (Å²) in [6.45, 7) is 1.36. The van der Waals surface area contributed by atoms with Crippen LogP contribution in [0.1, 0.15) is 16.4 Å². The molecule has 0 radical (unpaired) electrons. The topological polar surface area (TPSA) is 63.9 Å². The first-order chi connectivity index (χ1) is 10.2. The Morgan fingerprint density at radius 2 is 2.10 bits per heavy atom. The Kier molecular flexibility index (Phi) is 3.00. The van der Waals surface area contributed by atoms with Gasteiger partial charge in [0.05, 0.1) is 28.4 Å². The zero-order valence-electron chi connectivity index (χ0n) is 10.8. The lowest BCUT2D eigenvalue weighted by molar-refractivity contribution is 0.0501. The molecule has 0 spiro atoms. The van der Waals surface area contributed by atoms with Crippen molar-refractivity contribution in [2.45, 2.75) is 6.04 Å². The van der Waals surface area contributed by atoms with Crippen LogP contribution in [0.15, 0.2) is 35.1 Å². The maximum atomic E-state index is 12.4. The first-order valence-electron chi connectivity index (χ1n) is 6.42. The van der Waals surface area contributed by atoms with E-state index in [1.807, 2.05) is 27.9 Å². The predicted molar refractivity (Wildman–Crippen MR) is 82.3 cm³/mol. The zero-order chi connectivity index (χ0) is 14.4. The summed E-state index contributed by atoms with van der Waals surface area (Å²) in [5, 5.41) is 4.25. The molecule has 1 aliphatic rings. The number of rotatable bonds is 2. The molecular weight excluding hydrogens is 354 g/mol. The lowest BCUT2D eigenvalue weighted by Gasteiger charge is -2.39. The summed E-state index contributed by atoms with van der Waals surface area (Å²) >= 11 is 4.54. The summed E-state index contributed by atoms with van der Waals surface area (Å²) in [5.74, 6) is 0.0346. The number of carbonyl (C=O) groups is 1. The van der Waals surface area contributed by atoms with Crippen molar-refractivity contribution in [3.05, 3.63) is 40.6 Å². The van der Waals surface area contributed by atoms with Crippen molar-refractivity contribution in [3.63, 3.8) is 0 Å². The van der Waals surface area contributed by atoms with Gasteiger partial charge in [0, 0.05) is 24.8 Å². The standard InChI is InChI=1S/C13H10BrN5OS/c14-9-4-15-19(5-9)10-6-18(7-10)13(20)8-1-2-11-12(3-8)17-21-16-11/h1-5,10H,6-7H2. The molecule has 3 heterocycles. The number of aromatic nitrogens is 4. The fourth-order valence-electron chi connectivity index (χ4n) is 2.40. The van der Waals surface area contributed by atoms with Gasteiger partial charge in [0.2, 0.25) is 0 Å². The van der Waals surface area contributed by atoms with Gasteiger partial charge in [-0.15, -0.1) is 0 Å². The van der Waals surface area contributed by atoms with E-state index >= 15 is 0 Å². The van der Waals surface area contributed by atoms with Crippen molar-refractivity contribution in [2.75, 3.05) is 13.1 Å². The molecule has 0 unspecified atom stereocenters. The molecule has 3 aromatic rings. The average molecular weight is 364 g/mol. The first-order valence-corrected chi connectivity index (χ1v) is 7.94. The van der Waals surface area contributed by atoms with Crippen LogP contribution in [0, 0.1) is 0 Å². The summed E-state index contributed by atoms with van der Waals surface area (Å²) in [7, 11) is 0. The van der Waals surface area contributed by atoms with Crippen LogP contribution < -0.4 is 0 Å². The van der Waals surface area contributed by atoms with Gasteiger partial charge in [-0.3, -0.25) is 9.48 Å². The van der Waals surface area contributed by atoms with Crippen LogP contribution in [0.3, 0.4) is 0 Å². The lowest BCUT2D eigenvalue weighted by atomic mass is 10.1. The molecule has 0 atom stereocenters. The highest BCUT2D eigenvalue weighted by Gasteiger charge is 2.33. The third-order valence-corrected chi connectivity index (χ3v) is 4.56. The zero-order valence-corrected chi connectivity index (χ0v) is 13.2. The molecule has 1 saturated heterocycles. The Balaban J connectivity index is 1.49. The van der Waals surface area contributed by atoms with Crippen LogP contribution >= 0.6 is 27.7 Å². The van der Waals surface area contributed by atoms with Crippen LogP contribution in [0.5, 0.6) is 0 Å². The highest BCUT2D eigenvalue weighted by Crippen LogP contribution is 2.24. The van der Waals surface area contributed by atoms with Gasteiger partial charge < -0.3 is 4.90 Å². The molecule has 1 aliphatic heterocycles. The van der Waals surface area contributed by atoms with Crippen LogP contribution in [0.4, 0.5) is 0 Å². The van der Waals surface area contributed by atoms with Crippen molar-refractivity contribution < 1.29 is 4.79 Å². The minimum atomic E-state index is 0.0346. The smallest absolute Gasteiger partial charge is 0.254 e. The summed E-state index contributed by atoms with van der Waals surface area (Å²) < 4.78 is 11.2. The average Bonchev–Trinajstić information content (AvgIpc) is 3.05. The highest BCUT2D eigenvalue weighted by atomic mass is 79.9. The van der Waals surface area contributed by atoms with Crippen molar-refractivity contribution in [3.8, 4) is 0 Å². The van der Waals surface area contributed by atoms with Gasteiger partial charge in [0.1, 0.15) is 11.0 Å². The van der Waals surface area contributed by atoms with Crippen LogP contribution in [-0.4, -0.2) is 42.4 Å². The van der Waals surface area contributed by atoms with E-state index < -0.39 is 0 Å².